The predicted octanol–water partition coefficient (Wildman–Crippen LogP) is 3.97. The van der Waals surface area contributed by atoms with Crippen LogP contribution in [0.15, 0.2) is 46.9 Å². The summed E-state index contributed by atoms with van der Waals surface area (Å²) in [5.41, 5.74) is 2.12. The van der Waals surface area contributed by atoms with E-state index in [1.54, 1.807) is 12.1 Å². The predicted molar refractivity (Wildman–Crippen MR) is 79.6 cm³/mol. The monoisotopic (exact) mass is 319 g/mol. The van der Waals surface area contributed by atoms with Crippen molar-refractivity contribution in [2.45, 2.75) is 13.3 Å². The highest BCUT2D eigenvalue weighted by Crippen LogP contribution is 2.23. The molecule has 2 N–H and O–H groups in total. The van der Waals surface area contributed by atoms with Crippen LogP contribution in [0.4, 0.5) is 5.69 Å². The number of nitrogens with one attached hydrogen (secondary N) is 1. The van der Waals surface area contributed by atoms with Gasteiger partial charge in [-0.15, -0.1) is 0 Å². The second kappa shape index (κ2) is 5.89. The number of aromatic hydroxyl groups is 1. The molecule has 2 aromatic carbocycles. The number of carbonyl (C=O) groups is 1. The standard InChI is InChI=1S/C15H14BrNO2/c1-2-10-4-3-5-12(8-10)17-15(19)13-9-11(16)6-7-14(13)18/h3-9,18H,2H2,1H3,(H,17,19). The molecule has 0 atom stereocenters. The summed E-state index contributed by atoms with van der Waals surface area (Å²) in [5.74, 6) is -0.362. The summed E-state index contributed by atoms with van der Waals surface area (Å²) in [6, 6.07) is 12.4. The summed E-state index contributed by atoms with van der Waals surface area (Å²) in [6.07, 6.45) is 0.909. The number of amides is 1. The number of carbonyl (C=O) groups excluding carboxylic acids is 1. The molecule has 0 bridgehead atoms. The summed E-state index contributed by atoms with van der Waals surface area (Å²) < 4.78 is 0.748. The molecule has 4 heteroatoms. The molecule has 0 heterocycles. The van der Waals surface area contributed by atoms with Gasteiger partial charge in [-0.25, -0.2) is 0 Å². The molecule has 0 aliphatic heterocycles. The van der Waals surface area contributed by atoms with Crippen LogP contribution in [0.25, 0.3) is 0 Å². The van der Waals surface area contributed by atoms with E-state index in [4.69, 9.17) is 0 Å². The minimum absolute atomic E-state index is 0.0349. The van der Waals surface area contributed by atoms with E-state index in [-0.39, 0.29) is 17.2 Å². The number of rotatable bonds is 3. The van der Waals surface area contributed by atoms with Crippen LogP contribution in [0.5, 0.6) is 5.75 Å². The molecule has 0 aromatic heterocycles. The molecule has 2 aromatic rings. The number of phenolic OH excluding ortho intramolecular Hbond substituents is 1. The van der Waals surface area contributed by atoms with E-state index >= 15 is 0 Å². The maximum Gasteiger partial charge on any atom is 0.259 e. The van der Waals surface area contributed by atoms with E-state index in [1.165, 1.54) is 6.07 Å². The zero-order valence-corrected chi connectivity index (χ0v) is 12.1. The van der Waals surface area contributed by atoms with Gasteiger partial charge in [0, 0.05) is 10.2 Å². The Morgan fingerprint density at radius 2 is 2.05 bits per heavy atom. The summed E-state index contributed by atoms with van der Waals surface area (Å²) in [6.45, 7) is 2.06. The summed E-state index contributed by atoms with van der Waals surface area (Å²) in [4.78, 5) is 12.1. The van der Waals surface area contributed by atoms with Crippen molar-refractivity contribution in [3.05, 3.63) is 58.1 Å². The number of anilines is 1. The fourth-order valence-electron chi connectivity index (χ4n) is 1.76. The lowest BCUT2D eigenvalue weighted by Gasteiger charge is -2.08. The first-order valence-corrected chi connectivity index (χ1v) is 6.78. The molecular weight excluding hydrogens is 306 g/mol. The quantitative estimate of drug-likeness (QED) is 0.899. The van der Waals surface area contributed by atoms with Crippen molar-refractivity contribution in [2.24, 2.45) is 0 Å². The van der Waals surface area contributed by atoms with E-state index in [9.17, 15) is 9.90 Å². The van der Waals surface area contributed by atoms with Crippen molar-refractivity contribution in [2.75, 3.05) is 5.32 Å². The fourth-order valence-corrected chi connectivity index (χ4v) is 2.12. The van der Waals surface area contributed by atoms with E-state index in [2.05, 4.69) is 28.2 Å². The third kappa shape index (κ3) is 3.35. The molecule has 0 radical (unpaired) electrons. The number of aryl methyl sites for hydroxylation is 1. The average Bonchev–Trinajstić information content (AvgIpc) is 2.41. The van der Waals surface area contributed by atoms with Crippen molar-refractivity contribution in [1.82, 2.24) is 0 Å². The Balaban J connectivity index is 2.23. The first-order chi connectivity index (χ1) is 9.10. The van der Waals surface area contributed by atoms with Gasteiger partial charge in [-0.1, -0.05) is 35.0 Å². The minimum Gasteiger partial charge on any atom is -0.507 e. The number of hydrogen-bond donors (Lipinski definition) is 2. The Bertz CT molecular complexity index is 611. The van der Waals surface area contributed by atoms with Crippen molar-refractivity contribution in [3.8, 4) is 5.75 Å². The molecule has 0 spiro atoms. The van der Waals surface area contributed by atoms with Gasteiger partial charge >= 0.3 is 0 Å². The molecule has 1 amide bonds. The van der Waals surface area contributed by atoms with Crippen LogP contribution in [-0.4, -0.2) is 11.0 Å². The third-order valence-electron chi connectivity index (χ3n) is 2.80. The molecule has 0 aliphatic rings. The molecule has 0 fully saturated rings. The molecule has 0 aliphatic carbocycles. The summed E-state index contributed by atoms with van der Waals surface area (Å²) in [5, 5.41) is 12.5. The molecule has 0 saturated heterocycles. The highest BCUT2D eigenvalue weighted by Gasteiger charge is 2.11. The van der Waals surface area contributed by atoms with Crippen molar-refractivity contribution < 1.29 is 9.90 Å². The third-order valence-corrected chi connectivity index (χ3v) is 3.29. The lowest BCUT2D eigenvalue weighted by molar-refractivity contribution is 0.102. The van der Waals surface area contributed by atoms with Gasteiger partial charge in [0.25, 0.3) is 5.91 Å². The van der Waals surface area contributed by atoms with Gasteiger partial charge in [-0.3, -0.25) is 4.79 Å². The topological polar surface area (TPSA) is 49.3 Å². The molecule has 0 unspecified atom stereocenters. The van der Waals surface area contributed by atoms with Gasteiger partial charge < -0.3 is 10.4 Å². The van der Waals surface area contributed by atoms with Crippen LogP contribution in [0.1, 0.15) is 22.8 Å². The van der Waals surface area contributed by atoms with Gasteiger partial charge in [-0.2, -0.15) is 0 Å². The smallest absolute Gasteiger partial charge is 0.259 e. The van der Waals surface area contributed by atoms with Gasteiger partial charge in [0.2, 0.25) is 0 Å². The summed E-state index contributed by atoms with van der Waals surface area (Å²) in [7, 11) is 0. The van der Waals surface area contributed by atoms with E-state index in [0.29, 0.717) is 0 Å². The second-order valence-electron chi connectivity index (χ2n) is 4.17. The van der Waals surface area contributed by atoms with Gasteiger partial charge in [0.05, 0.1) is 5.56 Å². The van der Waals surface area contributed by atoms with Crippen molar-refractivity contribution >= 4 is 27.5 Å². The van der Waals surface area contributed by atoms with Crippen LogP contribution in [0.2, 0.25) is 0 Å². The Kier molecular flexibility index (Phi) is 4.22. The largest absolute Gasteiger partial charge is 0.507 e. The second-order valence-corrected chi connectivity index (χ2v) is 5.09. The zero-order chi connectivity index (χ0) is 13.8. The normalized spacial score (nSPS) is 10.2. The first kappa shape index (κ1) is 13.6. The highest BCUT2D eigenvalue weighted by molar-refractivity contribution is 9.10. The molecule has 3 nitrogen and oxygen atoms in total. The van der Waals surface area contributed by atoms with Gasteiger partial charge in [-0.05, 0) is 42.3 Å². The maximum absolute atomic E-state index is 12.1. The summed E-state index contributed by atoms with van der Waals surface area (Å²) >= 11 is 3.28. The van der Waals surface area contributed by atoms with Crippen molar-refractivity contribution in [1.29, 1.82) is 0 Å². The molecule has 19 heavy (non-hydrogen) atoms. The van der Waals surface area contributed by atoms with E-state index in [0.717, 1.165) is 22.1 Å². The van der Waals surface area contributed by atoms with Crippen LogP contribution < -0.4 is 5.32 Å². The van der Waals surface area contributed by atoms with Gasteiger partial charge in [0.15, 0.2) is 0 Å². The number of hydrogen-bond acceptors (Lipinski definition) is 2. The Hall–Kier alpha value is -1.81. The number of phenols is 1. The lowest BCUT2D eigenvalue weighted by Crippen LogP contribution is -2.12. The Labute approximate surface area is 120 Å². The molecule has 98 valence electrons. The van der Waals surface area contributed by atoms with Crippen LogP contribution in [0.3, 0.4) is 0 Å². The average molecular weight is 320 g/mol. The maximum atomic E-state index is 12.1. The van der Waals surface area contributed by atoms with Crippen molar-refractivity contribution in [3.63, 3.8) is 0 Å². The lowest BCUT2D eigenvalue weighted by atomic mass is 10.1. The van der Waals surface area contributed by atoms with E-state index in [1.807, 2.05) is 24.3 Å². The first-order valence-electron chi connectivity index (χ1n) is 5.99. The van der Waals surface area contributed by atoms with Gasteiger partial charge in [0.1, 0.15) is 5.75 Å². The Morgan fingerprint density at radius 3 is 2.79 bits per heavy atom. The number of benzene rings is 2. The van der Waals surface area contributed by atoms with Crippen LogP contribution in [-0.2, 0) is 6.42 Å². The molecule has 0 saturated carbocycles. The Morgan fingerprint density at radius 1 is 1.26 bits per heavy atom. The van der Waals surface area contributed by atoms with Crippen LogP contribution in [0, 0.1) is 0 Å². The highest BCUT2D eigenvalue weighted by atomic mass is 79.9. The number of halogens is 1. The van der Waals surface area contributed by atoms with E-state index < -0.39 is 0 Å². The minimum atomic E-state index is -0.327. The zero-order valence-electron chi connectivity index (χ0n) is 10.5. The molecule has 2 rings (SSSR count). The fraction of sp³-hybridized carbons (Fsp3) is 0.133. The molecular formula is C15H14BrNO2. The van der Waals surface area contributed by atoms with Crippen LogP contribution >= 0.6 is 15.9 Å². The SMILES string of the molecule is CCc1cccc(NC(=O)c2cc(Br)ccc2O)c1.